The topological polar surface area (TPSA) is 77.0 Å². The number of hydrogen-bond acceptors (Lipinski definition) is 5. The largest absolute Gasteiger partial charge is 0.454 e. The summed E-state index contributed by atoms with van der Waals surface area (Å²) in [6, 6.07) is 15.0. The third-order valence-electron chi connectivity index (χ3n) is 5.53. The van der Waals surface area contributed by atoms with Gasteiger partial charge in [0.2, 0.25) is 12.7 Å². The van der Waals surface area contributed by atoms with E-state index >= 15 is 0 Å². The number of amides is 1. The Morgan fingerprint density at radius 2 is 1.86 bits per heavy atom. The number of carbonyl (C=O) groups is 1. The second kappa shape index (κ2) is 8.68. The Balaban J connectivity index is 1.43. The molecule has 2 aromatic carbocycles. The number of nitrogens with one attached hydrogen (secondary N) is 1. The molecular formula is C23H25NO5. The maximum absolute atomic E-state index is 12.4. The van der Waals surface area contributed by atoms with Gasteiger partial charge in [0.05, 0.1) is 6.54 Å². The van der Waals surface area contributed by atoms with Crippen LogP contribution in [0.2, 0.25) is 0 Å². The first-order valence-corrected chi connectivity index (χ1v) is 9.86. The summed E-state index contributed by atoms with van der Waals surface area (Å²) in [6.07, 6.45) is 4.70. The molecule has 1 atom stereocenters. The number of ether oxygens (including phenoxy) is 3. The zero-order valence-corrected chi connectivity index (χ0v) is 16.2. The number of carbonyl (C=O) groups excluding carboxylic acids is 1. The highest BCUT2D eigenvalue weighted by Gasteiger charge is 2.39. The highest BCUT2D eigenvalue weighted by Crippen LogP contribution is 2.36. The lowest BCUT2D eigenvalue weighted by atomic mass is 9.77. The molecule has 29 heavy (non-hydrogen) atoms. The van der Waals surface area contributed by atoms with Gasteiger partial charge in [-0.25, -0.2) is 0 Å². The van der Waals surface area contributed by atoms with Crippen molar-refractivity contribution in [1.29, 1.82) is 0 Å². The fraction of sp³-hybridized carbons (Fsp3) is 0.348. The maximum atomic E-state index is 12.4. The first-order valence-electron chi connectivity index (χ1n) is 9.86. The van der Waals surface area contributed by atoms with Gasteiger partial charge < -0.3 is 24.6 Å². The van der Waals surface area contributed by atoms with Crippen LogP contribution in [-0.2, 0) is 15.1 Å². The van der Waals surface area contributed by atoms with Gasteiger partial charge in [0.1, 0.15) is 5.60 Å². The fourth-order valence-corrected chi connectivity index (χ4v) is 3.85. The molecule has 2 aliphatic heterocycles. The summed E-state index contributed by atoms with van der Waals surface area (Å²) in [5.41, 5.74) is 0.520. The van der Waals surface area contributed by atoms with E-state index in [1.165, 1.54) is 6.08 Å². The summed E-state index contributed by atoms with van der Waals surface area (Å²) in [5.74, 6) is 1.14. The van der Waals surface area contributed by atoms with E-state index in [1.807, 2.05) is 48.5 Å². The van der Waals surface area contributed by atoms with Gasteiger partial charge in [0.25, 0.3) is 0 Å². The summed E-state index contributed by atoms with van der Waals surface area (Å²) >= 11 is 0. The van der Waals surface area contributed by atoms with Crippen molar-refractivity contribution in [3.8, 4) is 11.5 Å². The molecule has 0 unspecified atom stereocenters. The summed E-state index contributed by atoms with van der Waals surface area (Å²) in [5, 5.41) is 14.4. The Labute approximate surface area is 170 Å². The number of fused-ring (bicyclic) bond motifs is 1. The molecule has 0 bridgehead atoms. The molecule has 0 radical (unpaired) electrons. The van der Waals surface area contributed by atoms with Crippen LogP contribution < -0.4 is 14.8 Å². The predicted octanol–water partition coefficient (Wildman–Crippen LogP) is 2.86. The Bertz CT molecular complexity index is 876. The Hall–Kier alpha value is -2.83. The van der Waals surface area contributed by atoms with Crippen molar-refractivity contribution in [2.24, 2.45) is 5.92 Å². The molecule has 2 aromatic rings. The highest BCUT2D eigenvalue weighted by molar-refractivity contribution is 5.91. The van der Waals surface area contributed by atoms with Crippen LogP contribution in [0.4, 0.5) is 0 Å². The average Bonchev–Trinajstić information content (AvgIpc) is 3.25. The molecule has 2 aliphatic rings. The van der Waals surface area contributed by atoms with E-state index in [0.717, 1.165) is 24.0 Å². The summed E-state index contributed by atoms with van der Waals surface area (Å²) in [4.78, 5) is 12.4. The molecule has 0 saturated carbocycles. The number of benzene rings is 2. The van der Waals surface area contributed by atoms with Crippen molar-refractivity contribution < 1.29 is 24.1 Å². The van der Waals surface area contributed by atoms with Gasteiger partial charge in [-0.2, -0.15) is 0 Å². The van der Waals surface area contributed by atoms with Crippen LogP contribution in [0.1, 0.15) is 24.0 Å². The van der Waals surface area contributed by atoms with E-state index in [2.05, 4.69) is 5.32 Å². The van der Waals surface area contributed by atoms with Gasteiger partial charge in [-0.3, -0.25) is 4.79 Å². The molecule has 0 aliphatic carbocycles. The monoisotopic (exact) mass is 395 g/mol. The summed E-state index contributed by atoms with van der Waals surface area (Å²) in [6.45, 7) is 1.61. The van der Waals surface area contributed by atoms with Gasteiger partial charge in [-0.1, -0.05) is 36.4 Å². The third kappa shape index (κ3) is 4.44. The van der Waals surface area contributed by atoms with Gasteiger partial charge in [0.15, 0.2) is 11.5 Å². The van der Waals surface area contributed by atoms with Crippen molar-refractivity contribution >= 4 is 12.0 Å². The number of rotatable bonds is 6. The third-order valence-corrected chi connectivity index (χ3v) is 5.53. The Morgan fingerprint density at radius 3 is 2.66 bits per heavy atom. The maximum Gasteiger partial charge on any atom is 0.244 e. The number of hydrogen-bond donors (Lipinski definition) is 2. The van der Waals surface area contributed by atoms with Gasteiger partial charge in [0, 0.05) is 19.3 Å². The lowest BCUT2D eigenvalue weighted by molar-refractivity contribution is -0.119. The fourth-order valence-electron chi connectivity index (χ4n) is 3.85. The van der Waals surface area contributed by atoms with Crippen molar-refractivity contribution in [3.05, 3.63) is 65.7 Å². The molecule has 2 N–H and O–H groups in total. The van der Waals surface area contributed by atoms with Crippen molar-refractivity contribution in [3.63, 3.8) is 0 Å². The minimum atomic E-state index is -1.13. The predicted molar refractivity (Wildman–Crippen MR) is 108 cm³/mol. The second-order valence-corrected chi connectivity index (χ2v) is 7.34. The van der Waals surface area contributed by atoms with Crippen LogP contribution >= 0.6 is 0 Å². The number of aliphatic hydroxyl groups is 1. The molecule has 2 heterocycles. The van der Waals surface area contributed by atoms with E-state index in [1.54, 1.807) is 6.08 Å². The smallest absolute Gasteiger partial charge is 0.244 e. The van der Waals surface area contributed by atoms with Crippen LogP contribution in [0, 0.1) is 5.92 Å². The SMILES string of the molecule is O=C(/C=C/c1ccc2c(c1)OCO2)NC[C@](O)(c1ccccc1)C1CCOCC1. The molecular weight excluding hydrogens is 370 g/mol. The van der Waals surface area contributed by atoms with Crippen LogP contribution in [0.15, 0.2) is 54.6 Å². The summed E-state index contributed by atoms with van der Waals surface area (Å²) in [7, 11) is 0. The summed E-state index contributed by atoms with van der Waals surface area (Å²) < 4.78 is 16.1. The standard InChI is InChI=1S/C23H25NO5/c25-22(9-7-17-6-8-20-21(14-17)29-16-28-20)24-15-23(26,18-4-2-1-3-5-18)19-10-12-27-13-11-19/h1-9,14,19,26H,10-13,15-16H2,(H,24,25)/b9-7+/t23-/m0/s1. The highest BCUT2D eigenvalue weighted by atomic mass is 16.7. The zero-order valence-electron chi connectivity index (χ0n) is 16.2. The quantitative estimate of drug-likeness (QED) is 0.736. The molecule has 1 saturated heterocycles. The molecule has 1 amide bonds. The van der Waals surface area contributed by atoms with Gasteiger partial charge in [-0.05, 0) is 48.1 Å². The lowest BCUT2D eigenvalue weighted by Crippen LogP contribution is -2.47. The Kier molecular flexibility index (Phi) is 5.83. The van der Waals surface area contributed by atoms with Gasteiger partial charge >= 0.3 is 0 Å². The average molecular weight is 395 g/mol. The van der Waals surface area contributed by atoms with Crippen LogP contribution in [0.3, 0.4) is 0 Å². The van der Waals surface area contributed by atoms with Crippen LogP contribution in [0.5, 0.6) is 11.5 Å². The van der Waals surface area contributed by atoms with Crippen LogP contribution in [-0.4, -0.2) is 37.6 Å². The van der Waals surface area contributed by atoms with Gasteiger partial charge in [-0.15, -0.1) is 0 Å². The van der Waals surface area contributed by atoms with E-state index in [-0.39, 0.29) is 25.2 Å². The minimum Gasteiger partial charge on any atom is -0.454 e. The first kappa shape index (κ1) is 19.5. The molecule has 6 nitrogen and oxygen atoms in total. The molecule has 0 aromatic heterocycles. The zero-order chi connectivity index (χ0) is 20.1. The minimum absolute atomic E-state index is 0.0248. The van der Waals surface area contributed by atoms with E-state index in [0.29, 0.717) is 24.7 Å². The normalized spacial score (nSPS) is 18.5. The van der Waals surface area contributed by atoms with Crippen molar-refractivity contribution in [2.45, 2.75) is 18.4 Å². The van der Waals surface area contributed by atoms with E-state index in [9.17, 15) is 9.90 Å². The molecule has 6 heteroatoms. The van der Waals surface area contributed by atoms with E-state index < -0.39 is 5.60 Å². The van der Waals surface area contributed by atoms with Crippen LogP contribution in [0.25, 0.3) is 6.08 Å². The first-order chi connectivity index (χ1) is 14.1. The molecule has 4 rings (SSSR count). The molecule has 1 fully saturated rings. The second-order valence-electron chi connectivity index (χ2n) is 7.34. The van der Waals surface area contributed by atoms with Crippen molar-refractivity contribution in [1.82, 2.24) is 5.32 Å². The Morgan fingerprint density at radius 1 is 1.10 bits per heavy atom. The molecule has 152 valence electrons. The lowest BCUT2D eigenvalue weighted by Gasteiger charge is -2.39. The van der Waals surface area contributed by atoms with E-state index in [4.69, 9.17) is 14.2 Å². The molecule has 0 spiro atoms. The van der Waals surface area contributed by atoms with Crippen molar-refractivity contribution in [2.75, 3.05) is 26.6 Å².